The number of amides is 1. The van der Waals surface area contributed by atoms with Crippen molar-refractivity contribution in [3.8, 4) is 0 Å². The average molecular weight is 405 g/mol. The van der Waals surface area contributed by atoms with Crippen LogP contribution in [0.4, 0.5) is 5.82 Å². The van der Waals surface area contributed by atoms with E-state index in [-0.39, 0.29) is 5.91 Å². The summed E-state index contributed by atoms with van der Waals surface area (Å²) in [6.07, 6.45) is 0. The third-order valence-electron chi connectivity index (χ3n) is 3.62. The van der Waals surface area contributed by atoms with Gasteiger partial charge in [0.05, 0.1) is 12.1 Å². The maximum Gasteiger partial charge on any atom is 0.258 e. The zero-order valence-electron chi connectivity index (χ0n) is 13.0. The Hall–Kier alpha value is -2.11. The third-order valence-corrected chi connectivity index (χ3v) is 4.68. The quantitative estimate of drug-likeness (QED) is 0.672. The number of hydrogen-bond acceptors (Lipinski definition) is 2. The van der Waals surface area contributed by atoms with E-state index in [1.165, 1.54) is 0 Å². The second kappa shape index (κ2) is 7.20. The van der Waals surface area contributed by atoms with Crippen molar-refractivity contribution in [1.82, 2.24) is 9.78 Å². The van der Waals surface area contributed by atoms with Gasteiger partial charge in [0.1, 0.15) is 0 Å². The molecular weight excluding hydrogens is 390 g/mol. The number of hydrogen-bond donors (Lipinski definition) is 1. The summed E-state index contributed by atoms with van der Waals surface area (Å²) < 4.78 is 2.56. The SMILES string of the molecule is Cc1cc(NC(=O)c2ccccc2Br)nn1Cc1ccccc1Cl. The summed E-state index contributed by atoms with van der Waals surface area (Å²) in [5.41, 5.74) is 2.49. The number of nitrogens with zero attached hydrogens (tertiary/aromatic N) is 2. The van der Waals surface area contributed by atoms with Crippen molar-refractivity contribution in [3.05, 3.63) is 80.9 Å². The van der Waals surface area contributed by atoms with Crippen LogP contribution >= 0.6 is 27.5 Å². The van der Waals surface area contributed by atoms with Crippen LogP contribution in [0.1, 0.15) is 21.6 Å². The standard InChI is InChI=1S/C18H15BrClN3O/c1-12-10-17(21-18(24)14-7-3-4-8-15(14)19)22-23(12)11-13-6-2-5-9-16(13)20/h2-10H,11H2,1H3,(H,21,22,24). The van der Waals surface area contributed by atoms with Crippen molar-refractivity contribution >= 4 is 39.3 Å². The molecule has 0 aliphatic rings. The molecule has 0 saturated heterocycles. The van der Waals surface area contributed by atoms with Gasteiger partial charge in [0, 0.05) is 21.3 Å². The molecule has 0 aliphatic heterocycles. The molecule has 0 aliphatic carbocycles. The number of aromatic nitrogens is 2. The summed E-state index contributed by atoms with van der Waals surface area (Å²) >= 11 is 9.58. The van der Waals surface area contributed by atoms with Crippen molar-refractivity contribution < 1.29 is 4.79 Å². The summed E-state index contributed by atoms with van der Waals surface area (Å²) in [4.78, 5) is 12.4. The summed E-state index contributed by atoms with van der Waals surface area (Å²) in [6, 6.07) is 16.8. The van der Waals surface area contributed by atoms with Gasteiger partial charge in [0.2, 0.25) is 0 Å². The highest BCUT2D eigenvalue weighted by molar-refractivity contribution is 9.10. The predicted molar refractivity (Wildman–Crippen MR) is 99.6 cm³/mol. The highest BCUT2D eigenvalue weighted by Gasteiger charge is 2.13. The zero-order chi connectivity index (χ0) is 17.1. The Labute approximate surface area is 153 Å². The molecule has 3 rings (SSSR count). The molecule has 24 heavy (non-hydrogen) atoms. The first-order valence-corrected chi connectivity index (χ1v) is 8.55. The van der Waals surface area contributed by atoms with Crippen molar-refractivity contribution in [1.29, 1.82) is 0 Å². The third kappa shape index (κ3) is 3.68. The van der Waals surface area contributed by atoms with Crippen molar-refractivity contribution in [2.45, 2.75) is 13.5 Å². The van der Waals surface area contributed by atoms with Crippen LogP contribution < -0.4 is 5.32 Å². The minimum atomic E-state index is -0.204. The van der Waals surface area contributed by atoms with Crippen LogP contribution in [0.5, 0.6) is 0 Å². The molecule has 0 spiro atoms. The molecule has 3 aromatic rings. The Morgan fingerprint density at radius 1 is 1.21 bits per heavy atom. The highest BCUT2D eigenvalue weighted by atomic mass is 79.9. The van der Waals surface area contributed by atoms with Gasteiger partial charge in [0.15, 0.2) is 5.82 Å². The van der Waals surface area contributed by atoms with Gasteiger partial charge >= 0.3 is 0 Å². The largest absolute Gasteiger partial charge is 0.305 e. The number of carbonyl (C=O) groups is 1. The van der Waals surface area contributed by atoms with Crippen LogP contribution in [0.25, 0.3) is 0 Å². The molecule has 2 aromatic carbocycles. The Morgan fingerprint density at radius 3 is 2.67 bits per heavy atom. The highest BCUT2D eigenvalue weighted by Crippen LogP contribution is 2.20. The van der Waals surface area contributed by atoms with E-state index in [2.05, 4.69) is 26.3 Å². The number of halogens is 2. The van der Waals surface area contributed by atoms with Crippen LogP contribution in [-0.4, -0.2) is 15.7 Å². The van der Waals surface area contributed by atoms with E-state index in [0.717, 1.165) is 15.7 Å². The van der Waals surface area contributed by atoms with Crippen LogP contribution in [0.15, 0.2) is 59.1 Å². The van der Waals surface area contributed by atoms with Gasteiger partial charge in [-0.25, -0.2) is 0 Å². The zero-order valence-corrected chi connectivity index (χ0v) is 15.3. The van der Waals surface area contributed by atoms with Gasteiger partial charge in [-0.2, -0.15) is 5.10 Å². The molecule has 1 amide bonds. The molecule has 0 fully saturated rings. The molecule has 0 atom stereocenters. The van der Waals surface area contributed by atoms with Gasteiger partial charge in [-0.15, -0.1) is 0 Å². The lowest BCUT2D eigenvalue weighted by atomic mass is 10.2. The van der Waals surface area contributed by atoms with E-state index in [1.54, 1.807) is 6.07 Å². The predicted octanol–water partition coefficient (Wildman–Crippen LogP) is 4.91. The van der Waals surface area contributed by atoms with Crippen LogP contribution in [0.3, 0.4) is 0 Å². The Bertz CT molecular complexity index is 891. The lowest BCUT2D eigenvalue weighted by Gasteiger charge is -2.06. The molecule has 0 unspecified atom stereocenters. The maximum absolute atomic E-state index is 12.4. The van der Waals surface area contributed by atoms with E-state index >= 15 is 0 Å². The minimum absolute atomic E-state index is 0.204. The van der Waals surface area contributed by atoms with Gasteiger partial charge in [-0.1, -0.05) is 41.9 Å². The summed E-state index contributed by atoms with van der Waals surface area (Å²) in [6.45, 7) is 2.49. The number of carbonyl (C=O) groups excluding carboxylic acids is 1. The molecular formula is C18H15BrClN3O. The molecule has 122 valence electrons. The van der Waals surface area contributed by atoms with Gasteiger partial charge in [-0.05, 0) is 46.6 Å². The first-order valence-electron chi connectivity index (χ1n) is 7.38. The summed E-state index contributed by atoms with van der Waals surface area (Å²) in [5.74, 6) is 0.310. The topological polar surface area (TPSA) is 46.9 Å². The Kier molecular flexibility index (Phi) is 5.02. The number of anilines is 1. The molecule has 1 heterocycles. The molecule has 1 aromatic heterocycles. The number of aryl methyl sites for hydroxylation is 1. The van der Waals surface area contributed by atoms with E-state index < -0.39 is 0 Å². The van der Waals surface area contributed by atoms with Crippen LogP contribution in [0.2, 0.25) is 5.02 Å². The number of benzene rings is 2. The van der Waals surface area contributed by atoms with Gasteiger partial charge < -0.3 is 5.32 Å². The minimum Gasteiger partial charge on any atom is -0.305 e. The second-order valence-corrected chi connectivity index (χ2v) is 6.62. The molecule has 1 N–H and O–H groups in total. The maximum atomic E-state index is 12.4. The second-order valence-electron chi connectivity index (χ2n) is 5.35. The van der Waals surface area contributed by atoms with E-state index in [1.807, 2.05) is 60.1 Å². The fourth-order valence-corrected chi connectivity index (χ4v) is 3.01. The first-order chi connectivity index (χ1) is 11.5. The van der Waals surface area contributed by atoms with E-state index in [0.29, 0.717) is 22.9 Å². The molecule has 0 bridgehead atoms. The lowest BCUT2D eigenvalue weighted by Crippen LogP contribution is -2.13. The van der Waals surface area contributed by atoms with Crippen molar-refractivity contribution in [2.24, 2.45) is 0 Å². The smallest absolute Gasteiger partial charge is 0.258 e. The van der Waals surface area contributed by atoms with Crippen molar-refractivity contribution in [3.63, 3.8) is 0 Å². The molecule has 0 saturated carbocycles. The molecule has 6 heteroatoms. The van der Waals surface area contributed by atoms with Gasteiger partial charge in [0.25, 0.3) is 5.91 Å². The Balaban J connectivity index is 1.78. The van der Waals surface area contributed by atoms with Gasteiger partial charge in [-0.3, -0.25) is 9.48 Å². The fourth-order valence-electron chi connectivity index (χ4n) is 2.35. The summed E-state index contributed by atoms with van der Waals surface area (Å²) in [5, 5.41) is 7.98. The monoisotopic (exact) mass is 403 g/mol. The van der Waals surface area contributed by atoms with Crippen LogP contribution in [-0.2, 0) is 6.54 Å². The van der Waals surface area contributed by atoms with Crippen molar-refractivity contribution in [2.75, 3.05) is 5.32 Å². The Morgan fingerprint density at radius 2 is 1.92 bits per heavy atom. The number of rotatable bonds is 4. The average Bonchev–Trinajstić information content (AvgIpc) is 2.89. The molecule has 0 radical (unpaired) electrons. The summed E-state index contributed by atoms with van der Waals surface area (Å²) in [7, 11) is 0. The first kappa shape index (κ1) is 16.7. The van der Waals surface area contributed by atoms with Crippen LogP contribution in [0, 0.1) is 6.92 Å². The normalized spacial score (nSPS) is 10.6. The van der Waals surface area contributed by atoms with E-state index in [4.69, 9.17) is 11.6 Å². The van der Waals surface area contributed by atoms with E-state index in [9.17, 15) is 4.79 Å². The fraction of sp³-hybridized carbons (Fsp3) is 0.111. The number of nitrogens with one attached hydrogen (secondary N) is 1. The lowest BCUT2D eigenvalue weighted by molar-refractivity contribution is 0.102. The molecule has 4 nitrogen and oxygen atoms in total.